The van der Waals surface area contributed by atoms with Gasteiger partial charge in [-0.05, 0) is 113 Å². The zero-order valence-corrected chi connectivity index (χ0v) is 34.0. The summed E-state index contributed by atoms with van der Waals surface area (Å²) < 4.78 is 2.60. The summed E-state index contributed by atoms with van der Waals surface area (Å²) in [5.41, 5.74) is 18.2. The summed E-state index contributed by atoms with van der Waals surface area (Å²) in [7, 11) is 0. The Morgan fingerprint density at radius 1 is 0.258 bits per heavy atom. The molecule has 0 amide bonds. The summed E-state index contributed by atoms with van der Waals surface area (Å²) in [5, 5.41) is 7.24. The lowest BCUT2D eigenvalue weighted by molar-refractivity contribution is 0.786. The minimum Gasteiger partial charge on any atom is -0.309 e. The molecule has 0 saturated heterocycles. The van der Waals surface area contributed by atoms with Gasteiger partial charge in [-0.2, -0.15) is 0 Å². The Morgan fingerprint density at radius 3 is 1.32 bits per heavy atom. The zero-order chi connectivity index (χ0) is 40.8. The standard InChI is InChI=1S/C61H39N/c1-2-18-40(19-3-1)41-20-16-21-42(38-41)43-36-37-58-53(39-43)47-25-7-5-23-45(47)44-22-4-6-24-46(44)51-29-11-15-34-57(51)62(58)59-35-17-30-52-50-28-10-14-33-56(50)61(60(52)59)54-31-12-8-26-48(54)49-27-9-13-32-55(49)61/h1-39H. The summed E-state index contributed by atoms with van der Waals surface area (Å²) in [5.74, 6) is 0. The van der Waals surface area contributed by atoms with Crippen LogP contribution < -0.4 is 0 Å². The molecule has 1 nitrogen and oxygen atoms in total. The van der Waals surface area contributed by atoms with E-state index in [4.69, 9.17) is 0 Å². The molecule has 11 aromatic rings. The van der Waals surface area contributed by atoms with Crippen molar-refractivity contribution >= 4 is 43.4 Å². The van der Waals surface area contributed by atoms with Crippen molar-refractivity contribution < 1.29 is 0 Å². The summed E-state index contributed by atoms with van der Waals surface area (Å²) in [6, 6.07) is 88.2. The van der Waals surface area contributed by atoms with Crippen molar-refractivity contribution in [3.63, 3.8) is 0 Å². The average Bonchev–Trinajstić information content (AvgIpc) is 3.83. The Labute approximate surface area is 360 Å². The first-order valence-corrected chi connectivity index (χ1v) is 21.6. The monoisotopic (exact) mass is 785 g/mol. The Bertz CT molecular complexity index is 3640. The smallest absolute Gasteiger partial charge is 0.0746 e. The molecule has 0 saturated carbocycles. The topological polar surface area (TPSA) is 4.93 Å². The Balaban J connectivity index is 1.24. The quantitative estimate of drug-likeness (QED) is 0.168. The van der Waals surface area contributed by atoms with Gasteiger partial charge in [0, 0.05) is 16.3 Å². The zero-order valence-electron chi connectivity index (χ0n) is 34.0. The maximum absolute atomic E-state index is 2.60. The van der Waals surface area contributed by atoms with Gasteiger partial charge >= 0.3 is 0 Å². The maximum Gasteiger partial charge on any atom is 0.0746 e. The molecule has 0 fully saturated rings. The molecule has 0 aliphatic heterocycles. The Hall–Kier alpha value is -8.00. The lowest BCUT2D eigenvalue weighted by Crippen LogP contribution is -2.27. The van der Waals surface area contributed by atoms with Crippen LogP contribution in [0.25, 0.3) is 93.5 Å². The van der Waals surface area contributed by atoms with Gasteiger partial charge in [0.1, 0.15) is 0 Å². The van der Waals surface area contributed by atoms with Crippen molar-refractivity contribution in [2.75, 3.05) is 0 Å². The van der Waals surface area contributed by atoms with E-state index in [-0.39, 0.29) is 0 Å². The number of hydrogen-bond acceptors (Lipinski definition) is 0. The number of fused-ring (bicyclic) bond motifs is 17. The molecular formula is C61H39N. The third-order valence-corrected chi connectivity index (χ3v) is 13.6. The number of benzene rings is 10. The van der Waals surface area contributed by atoms with Crippen molar-refractivity contribution in [3.8, 4) is 50.2 Å². The molecule has 0 N–H and O–H groups in total. The van der Waals surface area contributed by atoms with Crippen molar-refractivity contribution in [1.82, 2.24) is 4.57 Å². The average molecular weight is 786 g/mol. The molecule has 0 atom stereocenters. The number of aromatic nitrogens is 1. The van der Waals surface area contributed by atoms with Crippen LogP contribution in [0.2, 0.25) is 0 Å². The van der Waals surface area contributed by atoms with E-state index < -0.39 is 5.41 Å². The van der Waals surface area contributed by atoms with Crippen LogP contribution in [-0.4, -0.2) is 4.57 Å². The number of nitrogens with zero attached hydrogens (tertiary/aromatic N) is 1. The fraction of sp³-hybridized carbons (Fsp3) is 0.0164. The first kappa shape index (κ1) is 34.8. The van der Waals surface area contributed by atoms with Crippen LogP contribution in [0.3, 0.4) is 0 Å². The van der Waals surface area contributed by atoms with E-state index in [0.717, 1.165) is 11.0 Å². The fourth-order valence-corrected chi connectivity index (χ4v) is 11.1. The van der Waals surface area contributed by atoms with E-state index in [0.29, 0.717) is 0 Å². The molecular weight excluding hydrogens is 747 g/mol. The second-order valence-electron chi connectivity index (χ2n) is 16.7. The molecule has 0 bridgehead atoms. The molecule has 1 spiro atoms. The van der Waals surface area contributed by atoms with Gasteiger partial charge in [-0.15, -0.1) is 0 Å². The van der Waals surface area contributed by atoms with Crippen LogP contribution in [-0.2, 0) is 5.41 Å². The highest BCUT2D eigenvalue weighted by molar-refractivity contribution is 6.20. The van der Waals surface area contributed by atoms with Gasteiger partial charge in [-0.3, -0.25) is 0 Å². The van der Waals surface area contributed by atoms with E-state index in [2.05, 4.69) is 241 Å². The summed E-state index contributed by atoms with van der Waals surface area (Å²) in [6.07, 6.45) is 0. The summed E-state index contributed by atoms with van der Waals surface area (Å²) in [4.78, 5) is 0. The third-order valence-electron chi connectivity index (χ3n) is 13.6. The van der Waals surface area contributed by atoms with E-state index in [1.807, 2.05) is 0 Å². The lowest BCUT2D eigenvalue weighted by Gasteiger charge is -2.32. The van der Waals surface area contributed by atoms with E-state index in [1.54, 1.807) is 0 Å². The molecule has 1 heterocycles. The van der Waals surface area contributed by atoms with Crippen LogP contribution >= 0.6 is 0 Å². The van der Waals surface area contributed by atoms with Crippen molar-refractivity contribution in [1.29, 1.82) is 0 Å². The first-order chi connectivity index (χ1) is 30.8. The van der Waals surface area contributed by atoms with Gasteiger partial charge in [0.25, 0.3) is 0 Å². The fourth-order valence-electron chi connectivity index (χ4n) is 11.1. The van der Waals surface area contributed by atoms with Gasteiger partial charge in [0.05, 0.1) is 22.1 Å². The van der Waals surface area contributed by atoms with Crippen LogP contribution in [0.15, 0.2) is 237 Å². The molecule has 1 heteroatoms. The van der Waals surface area contributed by atoms with Crippen molar-refractivity contribution in [3.05, 3.63) is 259 Å². The molecule has 2 aliphatic carbocycles. The molecule has 10 aromatic carbocycles. The van der Waals surface area contributed by atoms with Gasteiger partial charge < -0.3 is 4.57 Å². The molecule has 288 valence electrons. The predicted molar refractivity (Wildman–Crippen MR) is 261 cm³/mol. The number of rotatable bonds is 3. The molecule has 0 radical (unpaired) electrons. The highest BCUT2D eigenvalue weighted by Gasteiger charge is 2.52. The third kappa shape index (κ3) is 4.85. The minimum absolute atomic E-state index is 0.531. The van der Waals surface area contributed by atoms with Crippen molar-refractivity contribution in [2.24, 2.45) is 0 Å². The molecule has 2 aliphatic rings. The van der Waals surface area contributed by atoms with Gasteiger partial charge in [0.2, 0.25) is 0 Å². The second kappa shape index (κ2) is 13.5. The van der Waals surface area contributed by atoms with Crippen LogP contribution in [0, 0.1) is 0 Å². The first-order valence-electron chi connectivity index (χ1n) is 21.6. The van der Waals surface area contributed by atoms with Gasteiger partial charge in [0.15, 0.2) is 0 Å². The second-order valence-corrected chi connectivity index (χ2v) is 16.7. The molecule has 1 aromatic heterocycles. The van der Waals surface area contributed by atoms with Crippen LogP contribution in [0.5, 0.6) is 0 Å². The van der Waals surface area contributed by atoms with Gasteiger partial charge in [-0.25, -0.2) is 0 Å². The maximum atomic E-state index is 2.60. The SMILES string of the molecule is c1ccc(-c2cccc(-c3ccc4c(c3)c3ccccc3c3ccccc3c3ccccc3n4-c3cccc4c3C3(c5ccccc5-c5ccccc53)c3ccccc3-4)c2)cc1. The Morgan fingerprint density at radius 2 is 0.677 bits per heavy atom. The highest BCUT2D eigenvalue weighted by Crippen LogP contribution is 2.64. The summed E-state index contributed by atoms with van der Waals surface area (Å²) in [6.45, 7) is 0. The van der Waals surface area contributed by atoms with Crippen molar-refractivity contribution in [2.45, 2.75) is 5.41 Å². The number of para-hydroxylation sites is 1. The molecule has 0 unspecified atom stereocenters. The Kier molecular flexibility index (Phi) is 7.59. The molecule has 62 heavy (non-hydrogen) atoms. The van der Waals surface area contributed by atoms with Crippen LogP contribution in [0.4, 0.5) is 0 Å². The largest absolute Gasteiger partial charge is 0.309 e. The van der Waals surface area contributed by atoms with Gasteiger partial charge in [-0.1, -0.05) is 206 Å². The van der Waals surface area contributed by atoms with E-state index in [9.17, 15) is 0 Å². The summed E-state index contributed by atoms with van der Waals surface area (Å²) >= 11 is 0. The predicted octanol–water partition coefficient (Wildman–Crippen LogP) is 15.9. The lowest BCUT2D eigenvalue weighted by atomic mass is 9.70. The number of hydrogen-bond donors (Lipinski definition) is 0. The van der Waals surface area contributed by atoms with E-state index in [1.165, 1.54) is 105 Å². The highest BCUT2D eigenvalue weighted by atomic mass is 15.0. The van der Waals surface area contributed by atoms with E-state index >= 15 is 0 Å². The molecule has 13 rings (SSSR count). The minimum atomic E-state index is -0.531. The van der Waals surface area contributed by atoms with Crippen LogP contribution in [0.1, 0.15) is 22.3 Å². The normalized spacial score (nSPS) is 13.0.